The van der Waals surface area contributed by atoms with Crippen molar-refractivity contribution in [3.8, 4) is 12.3 Å². The lowest BCUT2D eigenvalue weighted by Crippen LogP contribution is -2.48. The number of terminal acetylenes is 1. The van der Waals surface area contributed by atoms with E-state index in [1.165, 1.54) is 0 Å². The van der Waals surface area contributed by atoms with E-state index in [0.29, 0.717) is 0 Å². The van der Waals surface area contributed by atoms with Crippen LogP contribution in [0.25, 0.3) is 0 Å². The second-order valence-corrected chi connectivity index (χ2v) is 3.49. The zero-order valence-corrected chi connectivity index (χ0v) is 9.40. The van der Waals surface area contributed by atoms with Gasteiger partial charge in [-0.2, -0.15) is 0 Å². The van der Waals surface area contributed by atoms with Gasteiger partial charge in [0.1, 0.15) is 6.04 Å². The predicted molar refractivity (Wildman–Crippen MR) is 59.8 cm³/mol. The van der Waals surface area contributed by atoms with Crippen LogP contribution in [-0.2, 0) is 9.59 Å². The average molecular weight is 241 g/mol. The molecule has 2 atom stereocenters. The fourth-order valence-electron chi connectivity index (χ4n) is 1.09. The summed E-state index contributed by atoms with van der Waals surface area (Å²) in [6.07, 6.45) is 4.82. The first kappa shape index (κ1) is 14.8. The lowest BCUT2D eigenvalue weighted by atomic mass is 10.2. The minimum absolute atomic E-state index is 0.0275. The number of rotatable bonds is 6. The van der Waals surface area contributed by atoms with Crippen molar-refractivity contribution in [2.45, 2.75) is 31.8 Å². The van der Waals surface area contributed by atoms with Crippen LogP contribution >= 0.6 is 0 Å². The molecular weight excluding hydrogens is 226 g/mol. The van der Waals surface area contributed by atoms with E-state index in [0.717, 1.165) is 0 Å². The molecule has 3 amide bonds. The first-order valence-electron chi connectivity index (χ1n) is 4.88. The molecule has 0 saturated carbocycles. The minimum Gasteiger partial charge on any atom is -0.480 e. The molecular formula is C10H15N3O4. The van der Waals surface area contributed by atoms with Crippen LogP contribution < -0.4 is 16.4 Å². The van der Waals surface area contributed by atoms with E-state index in [4.69, 9.17) is 17.3 Å². The maximum Gasteiger partial charge on any atom is 0.327 e. The topological polar surface area (TPSA) is 122 Å². The summed E-state index contributed by atoms with van der Waals surface area (Å²) in [5.41, 5.74) is 4.93. The third-order valence-electron chi connectivity index (χ3n) is 1.81. The smallest absolute Gasteiger partial charge is 0.327 e. The van der Waals surface area contributed by atoms with Gasteiger partial charge in [-0.3, -0.25) is 4.79 Å². The van der Waals surface area contributed by atoms with Crippen LogP contribution in [0.4, 0.5) is 4.79 Å². The molecule has 5 N–H and O–H groups in total. The number of amides is 3. The van der Waals surface area contributed by atoms with Crippen molar-refractivity contribution < 1.29 is 19.5 Å². The Kier molecular flexibility index (Phi) is 6.18. The summed E-state index contributed by atoms with van der Waals surface area (Å²) in [6, 6.07) is -2.34. The third-order valence-corrected chi connectivity index (χ3v) is 1.81. The van der Waals surface area contributed by atoms with Crippen LogP contribution in [0, 0.1) is 12.3 Å². The van der Waals surface area contributed by atoms with E-state index in [1.807, 2.05) is 0 Å². The van der Waals surface area contributed by atoms with E-state index >= 15 is 0 Å². The Morgan fingerprint density at radius 2 is 2.00 bits per heavy atom. The summed E-state index contributed by atoms with van der Waals surface area (Å²) in [6.45, 7) is 1.57. The zero-order valence-electron chi connectivity index (χ0n) is 9.40. The van der Waals surface area contributed by atoms with Gasteiger partial charge >= 0.3 is 12.0 Å². The number of primary amides is 1. The highest BCUT2D eigenvalue weighted by Crippen LogP contribution is 1.93. The van der Waals surface area contributed by atoms with E-state index in [-0.39, 0.29) is 12.8 Å². The van der Waals surface area contributed by atoms with Crippen LogP contribution in [-0.4, -0.2) is 35.1 Å². The molecule has 0 aromatic rings. The van der Waals surface area contributed by atoms with Gasteiger partial charge in [-0.1, -0.05) is 0 Å². The largest absolute Gasteiger partial charge is 0.480 e. The lowest BCUT2D eigenvalue weighted by molar-refractivity contribution is -0.139. The summed E-state index contributed by atoms with van der Waals surface area (Å²) in [7, 11) is 0. The highest BCUT2D eigenvalue weighted by atomic mass is 16.4. The fraction of sp³-hybridized carbons (Fsp3) is 0.500. The summed E-state index contributed by atoms with van der Waals surface area (Å²) < 4.78 is 0. The normalized spacial score (nSPS) is 12.9. The van der Waals surface area contributed by atoms with Crippen LogP contribution in [0.15, 0.2) is 0 Å². The maximum atomic E-state index is 11.3. The zero-order chi connectivity index (χ0) is 13.4. The van der Waals surface area contributed by atoms with Gasteiger partial charge in [-0.05, 0) is 6.92 Å². The van der Waals surface area contributed by atoms with Crippen molar-refractivity contribution in [3.05, 3.63) is 0 Å². The van der Waals surface area contributed by atoms with Gasteiger partial charge in [0.15, 0.2) is 0 Å². The van der Waals surface area contributed by atoms with E-state index in [9.17, 15) is 14.4 Å². The molecule has 7 nitrogen and oxygen atoms in total. The van der Waals surface area contributed by atoms with Gasteiger partial charge in [0, 0.05) is 18.9 Å². The SMILES string of the molecule is C#CCC(NC(=O)NC(C)CC(N)=O)C(=O)O. The van der Waals surface area contributed by atoms with Crippen LogP contribution in [0.2, 0.25) is 0 Å². The first-order valence-corrected chi connectivity index (χ1v) is 4.88. The van der Waals surface area contributed by atoms with Crippen molar-refractivity contribution in [1.29, 1.82) is 0 Å². The Labute approximate surface area is 98.7 Å². The Hall–Kier alpha value is -2.23. The number of urea groups is 1. The standard InChI is InChI=1S/C10H15N3O4/c1-3-4-7(9(15)16)13-10(17)12-6(2)5-8(11)14/h1,6-7H,4-5H2,2H3,(H2,11,14)(H,15,16)(H2,12,13,17). The summed E-state index contributed by atoms with van der Waals surface area (Å²) in [5, 5.41) is 13.3. The molecule has 17 heavy (non-hydrogen) atoms. The van der Waals surface area contributed by atoms with Crippen LogP contribution in [0.3, 0.4) is 0 Å². The van der Waals surface area contributed by atoms with Gasteiger partial charge in [0.25, 0.3) is 0 Å². The monoisotopic (exact) mass is 241 g/mol. The quantitative estimate of drug-likeness (QED) is 0.447. The van der Waals surface area contributed by atoms with Gasteiger partial charge < -0.3 is 21.5 Å². The summed E-state index contributed by atoms with van der Waals surface area (Å²) in [4.78, 5) is 32.5. The molecule has 0 aliphatic rings. The molecule has 94 valence electrons. The van der Waals surface area contributed by atoms with Gasteiger partial charge in [0.05, 0.1) is 0 Å². The number of carbonyl (C=O) groups is 3. The Morgan fingerprint density at radius 1 is 1.41 bits per heavy atom. The maximum absolute atomic E-state index is 11.3. The molecule has 0 fully saturated rings. The van der Waals surface area contributed by atoms with Crippen molar-refractivity contribution in [2.75, 3.05) is 0 Å². The number of nitrogens with two attached hydrogens (primary N) is 1. The number of carbonyl (C=O) groups excluding carboxylic acids is 2. The second-order valence-electron chi connectivity index (χ2n) is 3.49. The number of carboxylic acid groups (broad SMARTS) is 1. The molecule has 0 aliphatic heterocycles. The molecule has 0 aromatic carbocycles. The molecule has 0 saturated heterocycles. The Balaban J connectivity index is 4.19. The molecule has 2 unspecified atom stereocenters. The van der Waals surface area contributed by atoms with Crippen molar-refractivity contribution >= 4 is 17.9 Å². The molecule has 0 spiro atoms. The van der Waals surface area contributed by atoms with E-state index in [1.54, 1.807) is 6.92 Å². The Bertz CT molecular complexity index is 348. The molecule has 0 bridgehead atoms. The number of nitrogens with one attached hydrogen (secondary N) is 2. The first-order chi connectivity index (χ1) is 7.86. The summed E-state index contributed by atoms with van der Waals surface area (Å²) >= 11 is 0. The van der Waals surface area contributed by atoms with Gasteiger partial charge in [-0.25, -0.2) is 9.59 Å². The average Bonchev–Trinajstić information content (AvgIpc) is 2.14. The molecule has 0 aromatic heterocycles. The molecule has 0 heterocycles. The van der Waals surface area contributed by atoms with Gasteiger partial charge in [-0.15, -0.1) is 12.3 Å². The molecule has 0 aliphatic carbocycles. The van der Waals surface area contributed by atoms with Crippen molar-refractivity contribution in [1.82, 2.24) is 10.6 Å². The van der Waals surface area contributed by atoms with Crippen molar-refractivity contribution in [2.24, 2.45) is 5.73 Å². The molecule has 0 radical (unpaired) electrons. The number of aliphatic carboxylic acids is 1. The minimum atomic E-state index is -1.22. The van der Waals surface area contributed by atoms with E-state index in [2.05, 4.69) is 16.6 Å². The van der Waals surface area contributed by atoms with Crippen molar-refractivity contribution in [3.63, 3.8) is 0 Å². The summed E-state index contributed by atoms with van der Waals surface area (Å²) in [5.74, 6) is 0.362. The number of carboxylic acids is 1. The lowest BCUT2D eigenvalue weighted by Gasteiger charge is -2.16. The van der Waals surface area contributed by atoms with Crippen LogP contribution in [0.1, 0.15) is 19.8 Å². The second kappa shape index (κ2) is 7.11. The highest BCUT2D eigenvalue weighted by Gasteiger charge is 2.19. The highest BCUT2D eigenvalue weighted by molar-refractivity contribution is 5.83. The third kappa shape index (κ3) is 6.78. The Morgan fingerprint density at radius 3 is 2.41 bits per heavy atom. The van der Waals surface area contributed by atoms with Crippen LogP contribution in [0.5, 0.6) is 0 Å². The fourth-order valence-corrected chi connectivity index (χ4v) is 1.09. The number of hydrogen-bond acceptors (Lipinski definition) is 3. The predicted octanol–water partition coefficient (Wildman–Crippen LogP) is -0.974. The van der Waals surface area contributed by atoms with E-state index < -0.39 is 30.0 Å². The molecule has 7 heteroatoms. The molecule has 0 rings (SSSR count). The van der Waals surface area contributed by atoms with Gasteiger partial charge in [0.2, 0.25) is 5.91 Å². The number of hydrogen-bond donors (Lipinski definition) is 4.